The zero-order chi connectivity index (χ0) is 20.9. The molecule has 0 radical (unpaired) electrons. The minimum atomic E-state index is -0.439. The zero-order valence-corrected chi connectivity index (χ0v) is 16.4. The van der Waals surface area contributed by atoms with Crippen LogP contribution in [0.15, 0.2) is 52.9 Å². The van der Waals surface area contributed by atoms with Crippen molar-refractivity contribution >= 4 is 5.91 Å². The highest BCUT2D eigenvalue weighted by Crippen LogP contribution is 2.23. The Morgan fingerprint density at radius 3 is 2.93 bits per heavy atom. The number of morpholine rings is 1. The monoisotopic (exact) mass is 404 g/mol. The van der Waals surface area contributed by atoms with Crippen molar-refractivity contribution in [2.75, 3.05) is 19.7 Å². The first-order valence-corrected chi connectivity index (χ1v) is 9.56. The van der Waals surface area contributed by atoms with Crippen molar-refractivity contribution in [1.29, 1.82) is 5.26 Å². The Bertz CT molecular complexity index is 1090. The number of rotatable bonds is 5. The van der Waals surface area contributed by atoms with Crippen LogP contribution in [0, 0.1) is 18.3 Å². The van der Waals surface area contributed by atoms with Crippen LogP contribution < -0.4 is 4.74 Å². The molecule has 8 heteroatoms. The molecule has 1 aliphatic heterocycles. The summed E-state index contributed by atoms with van der Waals surface area (Å²) < 4.78 is 17.0. The average molecular weight is 404 g/mol. The standard InChI is InChI=1S/C22H20N4O4/c1-15-24-25-21(30-15)20-13-26(9-10-28-20)22(27)16-7-4-8-19(11-16)29-14-18-6-3-2-5-17(18)12-23/h2-8,11,20H,9-10,13-14H2,1H3. The molecule has 1 aliphatic rings. The molecule has 4 rings (SSSR count). The van der Waals surface area contributed by atoms with Gasteiger partial charge >= 0.3 is 0 Å². The number of carbonyl (C=O) groups excluding carboxylic acids is 1. The van der Waals surface area contributed by atoms with Crippen LogP contribution in [0.3, 0.4) is 0 Å². The molecular formula is C22H20N4O4. The third-order valence-corrected chi connectivity index (χ3v) is 4.78. The molecule has 1 atom stereocenters. The van der Waals surface area contributed by atoms with Gasteiger partial charge in [0.1, 0.15) is 12.4 Å². The van der Waals surface area contributed by atoms with E-state index in [1.54, 1.807) is 42.2 Å². The minimum absolute atomic E-state index is 0.123. The highest BCUT2D eigenvalue weighted by molar-refractivity contribution is 5.94. The Morgan fingerprint density at radius 2 is 2.13 bits per heavy atom. The lowest BCUT2D eigenvalue weighted by Gasteiger charge is -2.31. The third kappa shape index (κ3) is 4.31. The minimum Gasteiger partial charge on any atom is -0.489 e. The maximum absolute atomic E-state index is 13.0. The third-order valence-electron chi connectivity index (χ3n) is 4.78. The number of nitriles is 1. The summed E-state index contributed by atoms with van der Waals surface area (Å²) in [6.45, 7) is 3.16. The van der Waals surface area contributed by atoms with E-state index in [0.29, 0.717) is 48.4 Å². The van der Waals surface area contributed by atoms with E-state index in [-0.39, 0.29) is 12.5 Å². The van der Waals surface area contributed by atoms with Crippen LogP contribution in [-0.2, 0) is 11.3 Å². The van der Waals surface area contributed by atoms with Gasteiger partial charge in [-0.15, -0.1) is 10.2 Å². The van der Waals surface area contributed by atoms with E-state index in [4.69, 9.17) is 13.9 Å². The predicted octanol–water partition coefficient (Wildman–Crippen LogP) is 3.04. The van der Waals surface area contributed by atoms with Crippen LogP contribution in [0.1, 0.15) is 39.4 Å². The lowest BCUT2D eigenvalue weighted by Crippen LogP contribution is -2.42. The fraction of sp³-hybridized carbons (Fsp3) is 0.273. The van der Waals surface area contributed by atoms with Crippen molar-refractivity contribution in [3.05, 3.63) is 77.0 Å². The number of aromatic nitrogens is 2. The smallest absolute Gasteiger partial charge is 0.254 e. The van der Waals surface area contributed by atoms with Crippen molar-refractivity contribution in [2.45, 2.75) is 19.6 Å². The SMILES string of the molecule is Cc1nnc(C2CN(C(=O)c3cccc(OCc4ccccc4C#N)c3)CCO2)o1. The summed E-state index contributed by atoms with van der Waals surface area (Å²) in [4.78, 5) is 14.7. The Balaban J connectivity index is 1.44. The molecule has 1 amide bonds. The van der Waals surface area contributed by atoms with Crippen molar-refractivity contribution < 1.29 is 18.7 Å². The first kappa shape index (κ1) is 19.6. The van der Waals surface area contributed by atoms with Crippen LogP contribution in [-0.4, -0.2) is 40.7 Å². The predicted molar refractivity (Wildman–Crippen MR) is 106 cm³/mol. The number of carbonyl (C=O) groups is 1. The first-order valence-electron chi connectivity index (χ1n) is 9.56. The van der Waals surface area contributed by atoms with E-state index in [0.717, 1.165) is 5.56 Å². The summed E-state index contributed by atoms with van der Waals surface area (Å²) in [7, 11) is 0. The van der Waals surface area contributed by atoms with Gasteiger partial charge in [0.05, 0.1) is 24.8 Å². The molecule has 0 N–H and O–H groups in total. The van der Waals surface area contributed by atoms with Crippen LogP contribution in [0.5, 0.6) is 5.75 Å². The molecule has 0 spiro atoms. The molecule has 1 aromatic heterocycles. The molecule has 0 bridgehead atoms. The van der Waals surface area contributed by atoms with Gasteiger partial charge in [-0.1, -0.05) is 24.3 Å². The molecule has 1 saturated heterocycles. The molecule has 30 heavy (non-hydrogen) atoms. The number of ether oxygens (including phenoxy) is 2. The van der Waals surface area contributed by atoms with E-state index < -0.39 is 6.10 Å². The molecule has 2 heterocycles. The second-order valence-corrected chi connectivity index (χ2v) is 6.86. The fourth-order valence-corrected chi connectivity index (χ4v) is 3.24. The quantitative estimate of drug-likeness (QED) is 0.644. The maximum atomic E-state index is 13.0. The second kappa shape index (κ2) is 8.76. The fourth-order valence-electron chi connectivity index (χ4n) is 3.24. The van der Waals surface area contributed by atoms with Crippen LogP contribution in [0.2, 0.25) is 0 Å². The van der Waals surface area contributed by atoms with Crippen molar-refractivity contribution in [1.82, 2.24) is 15.1 Å². The number of benzene rings is 2. The second-order valence-electron chi connectivity index (χ2n) is 6.86. The highest BCUT2D eigenvalue weighted by Gasteiger charge is 2.29. The molecular weight excluding hydrogens is 384 g/mol. The Labute approximate surface area is 173 Å². The maximum Gasteiger partial charge on any atom is 0.254 e. The Hall–Kier alpha value is -3.70. The Morgan fingerprint density at radius 1 is 1.27 bits per heavy atom. The van der Waals surface area contributed by atoms with Gasteiger partial charge in [-0.25, -0.2) is 0 Å². The molecule has 2 aromatic carbocycles. The molecule has 1 unspecified atom stereocenters. The average Bonchev–Trinajstić information content (AvgIpc) is 3.24. The summed E-state index contributed by atoms with van der Waals surface area (Å²) in [6, 6.07) is 16.4. The van der Waals surface area contributed by atoms with Gasteiger partial charge in [0, 0.05) is 24.6 Å². The first-order chi connectivity index (χ1) is 14.6. The molecule has 152 valence electrons. The van der Waals surface area contributed by atoms with Crippen molar-refractivity contribution in [2.24, 2.45) is 0 Å². The van der Waals surface area contributed by atoms with Gasteiger partial charge in [-0.05, 0) is 24.3 Å². The summed E-state index contributed by atoms with van der Waals surface area (Å²) in [5.74, 6) is 1.27. The summed E-state index contributed by atoms with van der Waals surface area (Å²) in [6.07, 6.45) is -0.439. The van der Waals surface area contributed by atoms with Gasteiger partial charge in [-0.3, -0.25) is 4.79 Å². The van der Waals surface area contributed by atoms with Gasteiger partial charge < -0.3 is 18.8 Å². The summed E-state index contributed by atoms with van der Waals surface area (Å²) in [5.41, 5.74) is 1.88. The Kier molecular flexibility index (Phi) is 5.72. The molecule has 0 saturated carbocycles. The van der Waals surface area contributed by atoms with Crippen LogP contribution >= 0.6 is 0 Å². The van der Waals surface area contributed by atoms with Crippen LogP contribution in [0.25, 0.3) is 0 Å². The van der Waals surface area contributed by atoms with Crippen LogP contribution in [0.4, 0.5) is 0 Å². The highest BCUT2D eigenvalue weighted by atomic mass is 16.5. The summed E-state index contributed by atoms with van der Waals surface area (Å²) in [5, 5.41) is 17.0. The number of aryl methyl sites for hydroxylation is 1. The molecule has 8 nitrogen and oxygen atoms in total. The van der Waals surface area contributed by atoms with Gasteiger partial charge in [0.25, 0.3) is 5.91 Å². The zero-order valence-electron chi connectivity index (χ0n) is 16.4. The van der Waals surface area contributed by atoms with E-state index in [2.05, 4.69) is 16.3 Å². The molecule has 1 fully saturated rings. The van der Waals surface area contributed by atoms with Gasteiger partial charge in [0.15, 0.2) is 6.10 Å². The largest absolute Gasteiger partial charge is 0.489 e. The van der Waals surface area contributed by atoms with Crippen molar-refractivity contribution in [3.8, 4) is 11.8 Å². The number of nitrogens with zero attached hydrogens (tertiary/aromatic N) is 4. The topological polar surface area (TPSA) is 101 Å². The number of hydrogen-bond donors (Lipinski definition) is 0. The van der Waals surface area contributed by atoms with E-state index in [9.17, 15) is 10.1 Å². The van der Waals surface area contributed by atoms with Crippen molar-refractivity contribution in [3.63, 3.8) is 0 Å². The van der Waals surface area contributed by atoms with E-state index in [1.165, 1.54) is 0 Å². The molecule has 0 aliphatic carbocycles. The van der Waals surface area contributed by atoms with Gasteiger partial charge in [-0.2, -0.15) is 5.26 Å². The molecule has 3 aromatic rings. The number of amides is 1. The lowest BCUT2D eigenvalue weighted by atomic mass is 10.1. The number of hydrogen-bond acceptors (Lipinski definition) is 7. The van der Waals surface area contributed by atoms with E-state index >= 15 is 0 Å². The van der Waals surface area contributed by atoms with Gasteiger partial charge in [0.2, 0.25) is 11.8 Å². The summed E-state index contributed by atoms with van der Waals surface area (Å²) >= 11 is 0. The van der Waals surface area contributed by atoms with E-state index in [1.807, 2.05) is 18.2 Å². The lowest BCUT2D eigenvalue weighted by molar-refractivity contribution is -0.0349. The normalized spacial score (nSPS) is 16.1.